The first-order chi connectivity index (χ1) is 10.2. The Morgan fingerprint density at radius 1 is 0.773 bits per heavy atom. The third kappa shape index (κ3) is 3.47. The van der Waals surface area contributed by atoms with Gasteiger partial charge in [-0.3, -0.25) is 10.1 Å². The maximum atomic E-state index is 12.0. The summed E-state index contributed by atoms with van der Waals surface area (Å²) in [5, 5.41) is 10.5. The topological polar surface area (TPSA) is 123 Å². The van der Waals surface area contributed by atoms with Crippen molar-refractivity contribution in [1.29, 1.82) is 0 Å². The van der Waals surface area contributed by atoms with Crippen molar-refractivity contribution in [3.8, 4) is 0 Å². The monoisotopic (exact) mass is 342 g/mol. The Balaban J connectivity index is 2.34. The number of rotatable bonds is 5. The highest BCUT2D eigenvalue weighted by molar-refractivity contribution is 8.04. The molecule has 1 N–H and O–H groups in total. The number of nitrogens with zero attached hydrogens (tertiary/aromatic N) is 1. The Morgan fingerprint density at radius 3 is 1.68 bits per heavy atom. The lowest BCUT2D eigenvalue weighted by Crippen LogP contribution is -2.30. The van der Waals surface area contributed by atoms with Crippen LogP contribution in [0.1, 0.15) is 0 Å². The second-order valence-corrected chi connectivity index (χ2v) is 7.78. The summed E-state index contributed by atoms with van der Waals surface area (Å²) in [6.07, 6.45) is 0. The van der Waals surface area contributed by atoms with E-state index in [2.05, 4.69) is 0 Å². The summed E-state index contributed by atoms with van der Waals surface area (Å²) in [5.41, 5.74) is -0.301. The normalized spacial score (nSPS) is 12.0. The Labute approximate surface area is 126 Å². The van der Waals surface area contributed by atoms with Gasteiger partial charge in [0.15, 0.2) is 0 Å². The van der Waals surface area contributed by atoms with Crippen LogP contribution in [-0.4, -0.2) is 21.8 Å². The van der Waals surface area contributed by atoms with Gasteiger partial charge in [-0.2, -0.15) is 0 Å². The van der Waals surface area contributed by atoms with E-state index in [0.717, 1.165) is 24.3 Å². The fourth-order valence-electron chi connectivity index (χ4n) is 1.59. The molecule has 0 aliphatic carbocycles. The highest BCUT2D eigenvalue weighted by Gasteiger charge is 2.24. The maximum Gasteiger partial charge on any atom is 0.269 e. The van der Waals surface area contributed by atoms with Gasteiger partial charge in [-0.1, -0.05) is 18.2 Å². The molecule has 0 aliphatic heterocycles. The predicted octanol–water partition coefficient (Wildman–Crippen LogP) is 1.26. The largest absolute Gasteiger partial charge is 0.269 e. The molecule has 0 aromatic heterocycles. The summed E-state index contributed by atoms with van der Waals surface area (Å²) in [5.74, 6) is 0. The minimum atomic E-state index is -4.37. The van der Waals surface area contributed by atoms with E-state index in [1.54, 1.807) is 10.2 Å². The van der Waals surface area contributed by atoms with Crippen LogP contribution in [0.15, 0.2) is 64.4 Å². The molecule has 0 fully saturated rings. The van der Waals surface area contributed by atoms with E-state index >= 15 is 0 Å². The lowest BCUT2D eigenvalue weighted by atomic mass is 10.3. The number of sulfonamides is 2. The number of hydrogen-bond donors (Lipinski definition) is 1. The first kappa shape index (κ1) is 16.1. The number of hydrogen-bond acceptors (Lipinski definition) is 6. The summed E-state index contributed by atoms with van der Waals surface area (Å²) in [4.78, 5) is 9.23. The molecule has 0 spiro atoms. The van der Waals surface area contributed by atoms with Gasteiger partial charge in [0.05, 0.1) is 14.7 Å². The summed E-state index contributed by atoms with van der Waals surface area (Å²) >= 11 is 0. The van der Waals surface area contributed by atoms with Crippen LogP contribution in [0.2, 0.25) is 0 Å². The average molecular weight is 342 g/mol. The number of benzene rings is 2. The third-order valence-corrected chi connectivity index (χ3v) is 6.17. The quantitative estimate of drug-likeness (QED) is 0.644. The van der Waals surface area contributed by atoms with Crippen LogP contribution in [0.5, 0.6) is 0 Å². The molecule has 116 valence electrons. The van der Waals surface area contributed by atoms with Gasteiger partial charge in [0.2, 0.25) is 0 Å². The van der Waals surface area contributed by atoms with Crippen LogP contribution in [-0.2, 0) is 20.0 Å². The van der Waals surface area contributed by atoms with Gasteiger partial charge < -0.3 is 0 Å². The lowest BCUT2D eigenvalue weighted by molar-refractivity contribution is -0.384. The van der Waals surface area contributed by atoms with Crippen molar-refractivity contribution in [2.24, 2.45) is 0 Å². The molecule has 0 amide bonds. The van der Waals surface area contributed by atoms with Crippen LogP contribution in [0.25, 0.3) is 0 Å². The van der Waals surface area contributed by atoms with Crippen LogP contribution in [0.4, 0.5) is 5.69 Å². The number of nitrogens with one attached hydrogen (secondary N) is 1. The Kier molecular flexibility index (Phi) is 4.26. The molecular formula is C12H10N2O6S2. The summed E-state index contributed by atoms with van der Waals surface area (Å²) in [6, 6.07) is 10.8. The van der Waals surface area contributed by atoms with Crippen LogP contribution in [0, 0.1) is 10.1 Å². The van der Waals surface area contributed by atoms with Gasteiger partial charge in [0, 0.05) is 12.1 Å². The van der Waals surface area contributed by atoms with Crippen molar-refractivity contribution in [1.82, 2.24) is 4.13 Å². The summed E-state index contributed by atoms with van der Waals surface area (Å²) in [6.45, 7) is 0. The Morgan fingerprint density at radius 2 is 1.23 bits per heavy atom. The molecule has 0 saturated heterocycles. The molecule has 0 atom stereocenters. The zero-order valence-electron chi connectivity index (χ0n) is 10.9. The zero-order chi connectivity index (χ0) is 16.4. The first-order valence-electron chi connectivity index (χ1n) is 5.80. The highest BCUT2D eigenvalue weighted by atomic mass is 32.3. The van der Waals surface area contributed by atoms with E-state index in [-0.39, 0.29) is 10.6 Å². The van der Waals surface area contributed by atoms with Crippen LogP contribution < -0.4 is 4.13 Å². The number of non-ortho nitro benzene ring substituents is 1. The first-order valence-corrected chi connectivity index (χ1v) is 8.77. The number of nitro groups is 1. The van der Waals surface area contributed by atoms with Gasteiger partial charge in [-0.25, -0.2) is 16.8 Å². The number of nitro benzene ring substituents is 1. The SMILES string of the molecule is O=[N+]([O-])c1ccc(S(=O)(=O)NS(=O)(=O)c2ccccc2)cc1. The second-order valence-electron chi connectivity index (χ2n) is 4.15. The van der Waals surface area contributed by atoms with Gasteiger partial charge in [0.25, 0.3) is 25.7 Å². The Hall–Kier alpha value is -2.30. The van der Waals surface area contributed by atoms with Crippen molar-refractivity contribution in [2.45, 2.75) is 9.79 Å². The summed E-state index contributed by atoms with van der Waals surface area (Å²) < 4.78 is 49.7. The fourth-order valence-corrected chi connectivity index (χ4v) is 4.52. The van der Waals surface area contributed by atoms with Crippen molar-refractivity contribution >= 4 is 25.7 Å². The van der Waals surface area contributed by atoms with E-state index in [4.69, 9.17) is 0 Å². The minimum Gasteiger partial charge on any atom is -0.258 e. The molecule has 10 heteroatoms. The van der Waals surface area contributed by atoms with Crippen molar-refractivity contribution in [3.05, 3.63) is 64.7 Å². The van der Waals surface area contributed by atoms with Gasteiger partial charge in [-0.05, 0) is 24.3 Å². The van der Waals surface area contributed by atoms with Gasteiger partial charge in [-0.15, -0.1) is 4.13 Å². The second kappa shape index (κ2) is 5.83. The smallest absolute Gasteiger partial charge is 0.258 e. The molecule has 0 unspecified atom stereocenters. The van der Waals surface area contributed by atoms with Gasteiger partial charge >= 0.3 is 0 Å². The molecular weight excluding hydrogens is 332 g/mol. The van der Waals surface area contributed by atoms with E-state index < -0.39 is 29.9 Å². The third-order valence-electron chi connectivity index (χ3n) is 2.63. The molecule has 2 aromatic rings. The van der Waals surface area contributed by atoms with Crippen molar-refractivity contribution in [3.63, 3.8) is 0 Å². The molecule has 0 saturated carbocycles. The minimum absolute atomic E-state index is 0.208. The Bertz CT molecular complexity index is 890. The zero-order valence-corrected chi connectivity index (χ0v) is 12.5. The van der Waals surface area contributed by atoms with Crippen LogP contribution >= 0.6 is 0 Å². The van der Waals surface area contributed by atoms with Crippen molar-refractivity contribution < 1.29 is 21.8 Å². The molecule has 2 aromatic carbocycles. The molecule has 0 bridgehead atoms. The molecule has 8 nitrogen and oxygen atoms in total. The lowest BCUT2D eigenvalue weighted by Gasteiger charge is -2.07. The van der Waals surface area contributed by atoms with E-state index in [9.17, 15) is 26.9 Å². The fraction of sp³-hybridized carbons (Fsp3) is 0. The average Bonchev–Trinajstić information content (AvgIpc) is 2.47. The molecule has 0 radical (unpaired) electrons. The molecule has 2 rings (SSSR count). The maximum absolute atomic E-state index is 12.0. The van der Waals surface area contributed by atoms with Crippen LogP contribution in [0.3, 0.4) is 0 Å². The highest BCUT2D eigenvalue weighted by Crippen LogP contribution is 2.17. The molecule has 22 heavy (non-hydrogen) atoms. The molecule has 0 heterocycles. The standard InChI is InChI=1S/C12H10N2O6S2/c15-14(16)10-6-8-12(9-7-10)22(19,20)13-21(17,18)11-4-2-1-3-5-11/h1-9,13H. The van der Waals surface area contributed by atoms with E-state index in [1.807, 2.05) is 0 Å². The van der Waals surface area contributed by atoms with E-state index in [0.29, 0.717) is 0 Å². The molecule has 0 aliphatic rings. The van der Waals surface area contributed by atoms with Crippen molar-refractivity contribution in [2.75, 3.05) is 0 Å². The predicted molar refractivity (Wildman–Crippen MR) is 77.0 cm³/mol. The summed E-state index contributed by atoms with van der Waals surface area (Å²) in [7, 11) is -8.63. The van der Waals surface area contributed by atoms with Gasteiger partial charge in [0.1, 0.15) is 0 Å². The van der Waals surface area contributed by atoms with E-state index in [1.165, 1.54) is 24.3 Å².